The number of benzene rings is 3. The van der Waals surface area contributed by atoms with Gasteiger partial charge in [-0.15, -0.1) is 0 Å². The van der Waals surface area contributed by atoms with Gasteiger partial charge in [0.2, 0.25) is 5.91 Å². The summed E-state index contributed by atoms with van der Waals surface area (Å²) in [5.74, 6) is -0.593. The van der Waals surface area contributed by atoms with E-state index in [1.807, 2.05) is 91.0 Å². The van der Waals surface area contributed by atoms with Gasteiger partial charge in [0, 0.05) is 13.0 Å². The summed E-state index contributed by atoms with van der Waals surface area (Å²) in [6.07, 6.45) is -0.347. The van der Waals surface area contributed by atoms with Crippen molar-refractivity contribution in [2.75, 3.05) is 0 Å². The molecule has 0 aliphatic carbocycles. The smallest absolute Gasteiger partial charge is 0.417 e. The lowest BCUT2D eigenvalue weighted by molar-refractivity contribution is -0.177. The Balaban J connectivity index is 1.46. The first-order valence-corrected chi connectivity index (χ1v) is 11.0. The molecule has 2 aliphatic heterocycles. The predicted molar refractivity (Wildman–Crippen MR) is 122 cm³/mol. The van der Waals surface area contributed by atoms with Gasteiger partial charge in [-0.2, -0.15) is 0 Å². The summed E-state index contributed by atoms with van der Waals surface area (Å²) in [6, 6.07) is 28.2. The summed E-state index contributed by atoms with van der Waals surface area (Å²) in [4.78, 5) is 42.5. The summed E-state index contributed by atoms with van der Waals surface area (Å²) in [5.41, 5.74) is 1.45. The Hall–Kier alpha value is -3.93. The van der Waals surface area contributed by atoms with Crippen LogP contribution in [-0.2, 0) is 27.5 Å². The van der Waals surface area contributed by atoms with Crippen LogP contribution in [0.4, 0.5) is 4.79 Å². The number of imide groups is 1. The number of hydrogen-bond donors (Lipinski definition) is 0. The standard InChI is InChI=1S/C27H24N2O4/c30-23-16-17-27(29(23)26(32)33-19-21-12-6-2-7-13-21)24(22-14-8-3-9-15-22)28(25(27)31)18-20-10-4-1-5-11-20/h1-15,24H,16-19H2. The van der Waals surface area contributed by atoms with Gasteiger partial charge in [0.1, 0.15) is 6.61 Å². The van der Waals surface area contributed by atoms with E-state index in [9.17, 15) is 14.4 Å². The Kier molecular flexibility index (Phi) is 5.42. The van der Waals surface area contributed by atoms with Crippen molar-refractivity contribution in [3.63, 3.8) is 0 Å². The Morgan fingerprint density at radius 2 is 1.42 bits per heavy atom. The molecule has 0 radical (unpaired) electrons. The van der Waals surface area contributed by atoms with Crippen molar-refractivity contribution in [1.29, 1.82) is 0 Å². The van der Waals surface area contributed by atoms with Crippen LogP contribution in [0.1, 0.15) is 35.6 Å². The zero-order chi connectivity index (χ0) is 22.8. The number of nitrogens with zero attached hydrogens (tertiary/aromatic N) is 2. The molecule has 0 bridgehead atoms. The molecule has 0 aromatic heterocycles. The Morgan fingerprint density at radius 1 is 0.848 bits per heavy atom. The van der Waals surface area contributed by atoms with E-state index in [1.54, 1.807) is 4.90 Å². The normalized spacial score (nSPS) is 21.9. The van der Waals surface area contributed by atoms with Crippen molar-refractivity contribution in [1.82, 2.24) is 9.80 Å². The zero-order valence-electron chi connectivity index (χ0n) is 18.1. The van der Waals surface area contributed by atoms with Crippen LogP contribution >= 0.6 is 0 Å². The molecule has 0 N–H and O–H groups in total. The monoisotopic (exact) mass is 440 g/mol. The van der Waals surface area contributed by atoms with Crippen LogP contribution in [0.3, 0.4) is 0 Å². The van der Waals surface area contributed by atoms with Crippen LogP contribution in [-0.4, -0.2) is 33.2 Å². The topological polar surface area (TPSA) is 66.9 Å². The molecule has 2 unspecified atom stereocenters. The van der Waals surface area contributed by atoms with Crippen molar-refractivity contribution in [3.05, 3.63) is 108 Å². The molecule has 3 aromatic carbocycles. The second-order valence-electron chi connectivity index (χ2n) is 8.43. The predicted octanol–water partition coefficient (Wildman–Crippen LogP) is 4.47. The van der Waals surface area contributed by atoms with Crippen molar-refractivity contribution in [2.45, 2.75) is 37.6 Å². The van der Waals surface area contributed by atoms with Gasteiger partial charge in [-0.3, -0.25) is 9.59 Å². The Labute approximate surface area is 192 Å². The van der Waals surface area contributed by atoms with Crippen LogP contribution in [0.25, 0.3) is 0 Å². The fraction of sp³-hybridized carbons (Fsp3) is 0.222. The second kappa shape index (κ2) is 8.54. The van der Waals surface area contributed by atoms with Gasteiger partial charge >= 0.3 is 6.09 Å². The molecule has 0 saturated carbocycles. The fourth-order valence-corrected chi connectivity index (χ4v) is 4.96. The molecular formula is C27H24N2O4. The summed E-state index contributed by atoms with van der Waals surface area (Å²) in [7, 11) is 0. The summed E-state index contributed by atoms with van der Waals surface area (Å²) in [6.45, 7) is 0.444. The third-order valence-electron chi connectivity index (χ3n) is 6.46. The number of carbonyl (C=O) groups is 3. The highest BCUT2D eigenvalue weighted by atomic mass is 16.6. The van der Waals surface area contributed by atoms with Crippen molar-refractivity contribution < 1.29 is 19.1 Å². The van der Waals surface area contributed by atoms with Crippen LogP contribution in [0.15, 0.2) is 91.0 Å². The fourth-order valence-electron chi connectivity index (χ4n) is 4.96. The number of likely N-dealkylation sites (tertiary alicyclic amines) is 2. The first-order chi connectivity index (χ1) is 16.1. The number of hydrogen-bond acceptors (Lipinski definition) is 4. The molecule has 5 rings (SSSR count). The third-order valence-corrected chi connectivity index (χ3v) is 6.46. The van der Waals surface area contributed by atoms with E-state index < -0.39 is 17.7 Å². The zero-order valence-corrected chi connectivity index (χ0v) is 18.1. The van der Waals surface area contributed by atoms with Crippen molar-refractivity contribution in [2.24, 2.45) is 0 Å². The number of rotatable bonds is 5. The Morgan fingerprint density at radius 3 is 2.06 bits per heavy atom. The minimum atomic E-state index is -1.25. The largest absolute Gasteiger partial charge is 0.444 e. The molecule has 3 amide bonds. The first kappa shape index (κ1) is 20.9. The van der Waals surface area contributed by atoms with E-state index in [0.717, 1.165) is 21.6 Å². The van der Waals surface area contributed by atoms with E-state index in [2.05, 4.69) is 0 Å². The van der Waals surface area contributed by atoms with Crippen LogP contribution in [0.2, 0.25) is 0 Å². The molecule has 3 aromatic rings. The van der Waals surface area contributed by atoms with E-state index in [-0.39, 0.29) is 31.3 Å². The van der Waals surface area contributed by atoms with E-state index in [0.29, 0.717) is 6.54 Å². The van der Waals surface area contributed by atoms with Gasteiger partial charge in [-0.05, 0) is 23.1 Å². The maximum absolute atomic E-state index is 13.6. The summed E-state index contributed by atoms with van der Waals surface area (Å²) in [5, 5.41) is 0. The highest BCUT2D eigenvalue weighted by molar-refractivity contribution is 6.07. The highest BCUT2D eigenvalue weighted by Gasteiger charge is 2.69. The van der Waals surface area contributed by atoms with E-state index in [1.165, 1.54) is 0 Å². The van der Waals surface area contributed by atoms with Gasteiger partial charge in [-0.25, -0.2) is 9.69 Å². The van der Waals surface area contributed by atoms with Gasteiger partial charge in [0.05, 0.1) is 6.04 Å². The number of amides is 3. The van der Waals surface area contributed by atoms with E-state index in [4.69, 9.17) is 4.74 Å². The highest BCUT2D eigenvalue weighted by Crippen LogP contribution is 2.53. The van der Waals surface area contributed by atoms with Crippen LogP contribution < -0.4 is 0 Å². The maximum Gasteiger partial charge on any atom is 0.417 e. The van der Waals surface area contributed by atoms with Crippen molar-refractivity contribution >= 4 is 17.9 Å². The molecule has 2 fully saturated rings. The molecular weight excluding hydrogens is 416 g/mol. The SMILES string of the molecule is O=C1CCC2(C(=O)N(Cc3ccccc3)C2c2ccccc2)N1C(=O)OCc1ccccc1. The summed E-state index contributed by atoms with van der Waals surface area (Å²) >= 11 is 0. The molecule has 6 nitrogen and oxygen atoms in total. The molecule has 33 heavy (non-hydrogen) atoms. The molecule has 6 heteroatoms. The number of carbonyl (C=O) groups excluding carboxylic acids is 3. The molecule has 2 aliphatic rings. The van der Waals surface area contributed by atoms with Gasteiger partial charge in [-0.1, -0.05) is 91.0 Å². The minimum absolute atomic E-state index is 0.0391. The molecule has 2 saturated heterocycles. The molecule has 166 valence electrons. The molecule has 2 heterocycles. The third kappa shape index (κ3) is 3.57. The average molecular weight is 440 g/mol. The molecule has 1 spiro atoms. The lowest BCUT2D eigenvalue weighted by Gasteiger charge is -2.56. The van der Waals surface area contributed by atoms with Gasteiger partial charge < -0.3 is 9.64 Å². The number of ether oxygens (including phenoxy) is 1. The Bertz CT molecular complexity index is 1170. The molecule has 2 atom stereocenters. The summed E-state index contributed by atoms with van der Waals surface area (Å²) < 4.78 is 5.50. The lowest BCUT2D eigenvalue weighted by atomic mass is 9.73. The number of β-lactam (4-membered cyclic amide) rings is 1. The average Bonchev–Trinajstić information content (AvgIpc) is 3.23. The quantitative estimate of drug-likeness (QED) is 0.549. The minimum Gasteiger partial charge on any atom is -0.444 e. The van der Waals surface area contributed by atoms with Crippen LogP contribution in [0.5, 0.6) is 0 Å². The van der Waals surface area contributed by atoms with Gasteiger partial charge in [0.15, 0.2) is 5.54 Å². The van der Waals surface area contributed by atoms with Crippen molar-refractivity contribution in [3.8, 4) is 0 Å². The second-order valence-corrected chi connectivity index (χ2v) is 8.43. The van der Waals surface area contributed by atoms with Crippen LogP contribution in [0, 0.1) is 0 Å². The van der Waals surface area contributed by atoms with Gasteiger partial charge in [0.25, 0.3) is 5.91 Å². The first-order valence-electron chi connectivity index (χ1n) is 11.0. The van der Waals surface area contributed by atoms with E-state index >= 15 is 0 Å². The maximum atomic E-state index is 13.6. The lowest BCUT2D eigenvalue weighted by Crippen LogP contribution is -2.74.